The Morgan fingerprint density at radius 1 is 0.875 bits per heavy atom. The third-order valence-corrected chi connectivity index (χ3v) is 8.66. The predicted octanol–water partition coefficient (Wildman–Crippen LogP) is 7.13. The highest BCUT2D eigenvalue weighted by Crippen LogP contribution is 2.36. The standard InChI is InChI=1S/C33H46BrN3O3/c1-32(2,3)28-23-36(30(25-10-8-7-9-11-25)26-12-14-27(34)15-13-26)20-21-37(28)29(38)22-24-16-18-35(19-17-24)31(39)40-33(4,5)6/h7-15,24,28,30H,16-23H2,1-6H3/t28-,30?/m1/s1. The summed E-state index contributed by atoms with van der Waals surface area (Å²) in [6.07, 6.45) is 1.97. The Morgan fingerprint density at radius 2 is 1.48 bits per heavy atom. The normalized spacial score (nSPS) is 20.3. The number of piperidine rings is 1. The molecule has 0 spiro atoms. The molecule has 0 aliphatic carbocycles. The molecular formula is C33H46BrN3O3. The van der Waals surface area contributed by atoms with Crippen molar-refractivity contribution in [1.29, 1.82) is 0 Å². The number of piperazine rings is 1. The van der Waals surface area contributed by atoms with Crippen molar-refractivity contribution in [1.82, 2.24) is 14.7 Å². The number of carbonyl (C=O) groups excluding carboxylic acids is 2. The van der Waals surface area contributed by atoms with Gasteiger partial charge in [0.15, 0.2) is 0 Å². The van der Waals surface area contributed by atoms with Crippen molar-refractivity contribution in [2.75, 3.05) is 32.7 Å². The first-order valence-electron chi connectivity index (χ1n) is 14.6. The molecule has 2 aliphatic rings. The molecule has 0 N–H and O–H groups in total. The zero-order chi connectivity index (χ0) is 29.1. The second kappa shape index (κ2) is 12.6. The monoisotopic (exact) mass is 611 g/mol. The fraction of sp³-hybridized carbons (Fsp3) is 0.576. The number of hydrogen-bond donors (Lipinski definition) is 0. The van der Waals surface area contributed by atoms with Crippen LogP contribution in [0.15, 0.2) is 59.1 Å². The summed E-state index contributed by atoms with van der Waals surface area (Å²) < 4.78 is 6.62. The molecule has 2 amide bonds. The smallest absolute Gasteiger partial charge is 0.410 e. The van der Waals surface area contributed by atoms with Crippen molar-refractivity contribution >= 4 is 27.9 Å². The summed E-state index contributed by atoms with van der Waals surface area (Å²) in [6, 6.07) is 19.6. The molecule has 218 valence electrons. The van der Waals surface area contributed by atoms with Crippen molar-refractivity contribution in [3.05, 3.63) is 70.2 Å². The van der Waals surface area contributed by atoms with Crippen molar-refractivity contribution in [2.24, 2.45) is 11.3 Å². The summed E-state index contributed by atoms with van der Waals surface area (Å²) >= 11 is 3.59. The van der Waals surface area contributed by atoms with Gasteiger partial charge in [-0.3, -0.25) is 9.69 Å². The first-order valence-corrected chi connectivity index (χ1v) is 15.4. The van der Waals surface area contributed by atoms with Crippen LogP contribution in [0.5, 0.6) is 0 Å². The number of amides is 2. The van der Waals surface area contributed by atoms with Crippen molar-refractivity contribution in [2.45, 2.75) is 78.5 Å². The van der Waals surface area contributed by atoms with Crippen LogP contribution in [0.4, 0.5) is 4.79 Å². The summed E-state index contributed by atoms with van der Waals surface area (Å²) in [6.45, 7) is 16.1. The van der Waals surface area contributed by atoms with Gasteiger partial charge >= 0.3 is 6.09 Å². The largest absolute Gasteiger partial charge is 0.444 e. The van der Waals surface area contributed by atoms with E-state index >= 15 is 0 Å². The van der Waals surface area contributed by atoms with Gasteiger partial charge in [-0.1, -0.05) is 79.2 Å². The lowest BCUT2D eigenvalue weighted by atomic mass is 9.82. The van der Waals surface area contributed by atoms with E-state index in [1.807, 2.05) is 20.8 Å². The minimum absolute atomic E-state index is 0.0602. The Hall–Kier alpha value is -2.38. The maximum Gasteiger partial charge on any atom is 0.410 e. The Kier molecular flexibility index (Phi) is 9.66. The van der Waals surface area contributed by atoms with E-state index < -0.39 is 5.60 Å². The zero-order valence-electron chi connectivity index (χ0n) is 25.0. The van der Waals surface area contributed by atoms with Crippen molar-refractivity contribution in [3.8, 4) is 0 Å². The van der Waals surface area contributed by atoms with Gasteiger partial charge in [-0.25, -0.2) is 4.79 Å². The van der Waals surface area contributed by atoms with Gasteiger partial charge in [0.1, 0.15) is 5.60 Å². The van der Waals surface area contributed by atoms with Crippen LogP contribution >= 0.6 is 15.9 Å². The van der Waals surface area contributed by atoms with E-state index in [-0.39, 0.29) is 29.5 Å². The molecule has 2 saturated heterocycles. The van der Waals surface area contributed by atoms with Gasteiger partial charge in [0.2, 0.25) is 5.91 Å². The number of hydrogen-bond acceptors (Lipinski definition) is 4. The number of likely N-dealkylation sites (tertiary alicyclic amines) is 1. The number of benzene rings is 2. The Bertz CT molecular complexity index is 1130. The molecule has 2 aromatic carbocycles. The van der Waals surface area contributed by atoms with Gasteiger partial charge in [0, 0.05) is 49.7 Å². The Labute approximate surface area is 249 Å². The highest BCUT2D eigenvalue weighted by Gasteiger charge is 2.41. The van der Waals surface area contributed by atoms with Gasteiger partial charge in [0.05, 0.1) is 6.04 Å². The van der Waals surface area contributed by atoms with Crippen LogP contribution in [0.3, 0.4) is 0 Å². The average molecular weight is 613 g/mol. The third-order valence-electron chi connectivity index (χ3n) is 8.13. The number of halogens is 1. The van der Waals surface area contributed by atoms with E-state index in [9.17, 15) is 9.59 Å². The molecule has 2 heterocycles. The van der Waals surface area contributed by atoms with E-state index in [2.05, 4.69) is 101 Å². The highest BCUT2D eigenvalue weighted by molar-refractivity contribution is 9.10. The lowest BCUT2D eigenvalue weighted by Gasteiger charge is -2.50. The number of nitrogens with zero attached hydrogens (tertiary/aromatic N) is 3. The second-order valence-electron chi connectivity index (χ2n) is 13.4. The van der Waals surface area contributed by atoms with Crippen molar-refractivity contribution < 1.29 is 14.3 Å². The van der Waals surface area contributed by atoms with Gasteiger partial charge in [0.25, 0.3) is 0 Å². The maximum atomic E-state index is 13.8. The van der Waals surface area contributed by atoms with E-state index in [0.717, 1.165) is 36.9 Å². The van der Waals surface area contributed by atoms with Crippen LogP contribution < -0.4 is 0 Å². The zero-order valence-corrected chi connectivity index (χ0v) is 26.6. The van der Waals surface area contributed by atoms with Crippen LogP contribution in [0.25, 0.3) is 0 Å². The van der Waals surface area contributed by atoms with Gasteiger partial charge < -0.3 is 14.5 Å². The molecule has 2 atom stereocenters. The first kappa shape index (κ1) is 30.6. The average Bonchev–Trinajstić information content (AvgIpc) is 2.89. The van der Waals surface area contributed by atoms with Crippen LogP contribution in [0.2, 0.25) is 0 Å². The number of rotatable bonds is 5. The van der Waals surface area contributed by atoms with Gasteiger partial charge in [-0.05, 0) is 68.2 Å². The maximum absolute atomic E-state index is 13.8. The van der Waals surface area contributed by atoms with Crippen LogP contribution in [0.1, 0.15) is 78.0 Å². The third kappa shape index (κ3) is 7.88. The SMILES string of the molecule is CC(C)(C)OC(=O)N1CCC(CC(=O)N2CCN(C(c3ccccc3)c3ccc(Br)cc3)C[C@@H]2C(C)(C)C)CC1. The number of carbonyl (C=O) groups is 2. The molecule has 0 radical (unpaired) electrons. The fourth-order valence-electron chi connectivity index (χ4n) is 5.98. The molecular weight excluding hydrogens is 566 g/mol. The van der Waals surface area contributed by atoms with E-state index in [0.29, 0.717) is 25.4 Å². The summed E-state index contributed by atoms with van der Waals surface area (Å²) in [5, 5.41) is 0. The predicted molar refractivity (Wildman–Crippen MR) is 164 cm³/mol. The molecule has 40 heavy (non-hydrogen) atoms. The van der Waals surface area contributed by atoms with Crippen LogP contribution in [-0.4, -0.2) is 71.1 Å². The molecule has 6 nitrogen and oxygen atoms in total. The van der Waals surface area contributed by atoms with E-state index in [1.165, 1.54) is 11.1 Å². The minimum Gasteiger partial charge on any atom is -0.444 e. The lowest BCUT2D eigenvalue weighted by molar-refractivity contribution is -0.141. The highest BCUT2D eigenvalue weighted by atomic mass is 79.9. The van der Waals surface area contributed by atoms with Crippen LogP contribution in [0, 0.1) is 11.3 Å². The molecule has 7 heteroatoms. The van der Waals surface area contributed by atoms with E-state index in [1.54, 1.807) is 4.90 Å². The minimum atomic E-state index is -0.495. The van der Waals surface area contributed by atoms with Gasteiger partial charge in [-0.15, -0.1) is 0 Å². The Balaban J connectivity index is 1.44. The summed E-state index contributed by atoms with van der Waals surface area (Å²) in [7, 11) is 0. The molecule has 1 unspecified atom stereocenters. The molecule has 0 aromatic heterocycles. The number of ether oxygens (including phenoxy) is 1. The molecule has 0 bridgehead atoms. The molecule has 2 fully saturated rings. The van der Waals surface area contributed by atoms with E-state index in [4.69, 9.17) is 4.74 Å². The van der Waals surface area contributed by atoms with Gasteiger partial charge in [-0.2, -0.15) is 0 Å². The molecule has 4 rings (SSSR count). The first-order chi connectivity index (χ1) is 18.8. The molecule has 2 aliphatic heterocycles. The molecule has 2 aromatic rings. The topological polar surface area (TPSA) is 53.1 Å². The Morgan fingerprint density at radius 3 is 2.05 bits per heavy atom. The van der Waals surface area contributed by atoms with Crippen molar-refractivity contribution in [3.63, 3.8) is 0 Å². The summed E-state index contributed by atoms with van der Waals surface area (Å²) in [5.74, 6) is 0.542. The quantitative estimate of drug-likeness (QED) is 0.361. The molecule has 0 saturated carbocycles. The summed E-state index contributed by atoms with van der Waals surface area (Å²) in [4.78, 5) is 32.7. The van der Waals surface area contributed by atoms with Crippen LogP contribution in [-0.2, 0) is 9.53 Å². The second-order valence-corrected chi connectivity index (χ2v) is 14.4. The lowest BCUT2D eigenvalue weighted by Crippen LogP contribution is -2.60. The summed E-state index contributed by atoms with van der Waals surface area (Å²) in [5.41, 5.74) is 1.98. The fourth-order valence-corrected chi connectivity index (χ4v) is 6.25.